The number of benzene rings is 1. The second-order valence-corrected chi connectivity index (χ2v) is 7.23. The van der Waals surface area contributed by atoms with E-state index in [1.54, 1.807) is 31.5 Å². The van der Waals surface area contributed by atoms with Crippen LogP contribution < -0.4 is 5.32 Å². The Hall–Kier alpha value is -3.22. The first-order chi connectivity index (χ1) is 12.9. The molecule has 1 aliphatic rings. The van der Waals surface area contributed by atoms with Crippen LogP contribution in [0.2, 0.25) is 0 Å². The minimum Gasteiger partial charge on any atom is -0.445 e. The molecule has 0 fully saturated rings. The van der Waals surface area contributed by atoms with Crippen molar-refractivity contribution in [2.75, 3.05) is 5.32 Å². The highest BCUT2D eigenvalue weighted by atomic mass is 16.6. The first-order valence-electron chi connectivity index (χ1n) is 8.83. The van der Waals surface area contributed by atoms with Gasteiger partial charge in [0.05, 0.1) is 23.6 Å². The van der Waals surface area contributed by atoms with Crippen molar-refractivity contribution >= 4 is 28.6 Å². The third-order valence-electron chi connectivity index (χ3n) is 4.74. The predicted molar refractivity (Wildman–Crippen MR) is 101 cm³/mol. The number of amides is 1. The van der Waals surface area contributed by atoms with Crippen molar-refractivity contribution in [3.63, 3.8) is 0 Å². The molecule has 0 spiro atoms. The number of cyclic esters (lactones) is 1. The van der Waals surface area contributed by atoms with Crippen LogP contribution in [-0.2, 0) is 16.0 Å². The molecule has 4 rings (SSSR count). The highest BCUT2D eigenvalue weighted by Gasteiger charge is 2.42. The van der Waals surface area contributed by atoms with Crippen LogP contribution in [0, 0.1) is 0 Å². The lowest BCUT2D eigenvalue weighted by molar-refractivity contribution is -0.134. The van der Waals surface area contributed by atoms with E-state index in [4.69, 9.17) is 4.74 Å². The highest BCUT2D eigenvalue weighted by molar-refractivity contribution is 6.03. The van der Waals surface area contributed by atoms with E-state index in [9.17, 15) is 9.59 Å². The van der Waals surface area contributed by atoms with Crippen LogP contribution in [0.15, 0.2) is 42.7 Å². The van der Waals surface area contributed by atoms with E-state index in [0.717, 1.165) is 16.6 Å². The molecule has 138 valence electrons. The fourth-order valence-corrected chi connectivity index (χ4v) is 3.31. The maximum atomic E-state index is 12.9. The number of esters is 1. The van der Waals surface area contributed by atoms with Gasteiger partial charge in [0.25, 0.3) is 5.91 Å². The number of nitrogens with zero attached hydrogens (tertiary/aromatic N) is 3. The Bertz CT molecular complexity index is 1060. The summed E-state index contributed by atoms with van der Waals surface area (Å²) in [6.45, 7) is 5.68. The zero-order valence-corrected chi connectivity index (χ0v) is 15.4. The van der Waals surface area contributed by atoms with Crippen LogP contribution in [0.5, 0.6) is 0 Å². The molecule has 3 aromatic rings. The van der Waals surface area contributed by atoms with Crippen LogP contribution in [0.3, 0.4) is 0 Å². The summed E-state index contributed by atoms with van der Waals surface area (Å²) < 4.78 is 7.29. The Morgan fingerprint density at radius 2 is 2.07 bits per heavy atom. The number of ether oxygens (including phenoxy) is 1. The number of nitrogens with one attached hydrogen (secondary N) is 1. The second kappa shape index (κ2) is 6.19. The van der Waals surface area contributed by atoms with Gasteiger partial charge in [0, 0.05) is 17.8 Å². The quantitative estimate of drug-likeness (QED) is 0.722. The SMILES string of the molecule is CC(C)n1ncc2cc(NC(=O)[C@]3(C)Cc4ccccc4C(=O)O3)cnc21. The number of aromatic nitrogens is 3. The molecule has 0 bridgehead atoms. The Morgan fingerprint density at radius 3 is 2.85 bits per heavy atom. The number of anilines is 1. The molecule has 0 saturated heterocycles. The molecule has 0 aliphatic carbocycles. The van der Waals surface area contributed by atoms with Gasteiger partial charge in [0.2, 0.25) is 0 Å². The average molecular weight is 364 g/mol. The maximum Gasteiger partial charge on any atom is 0.339 e. The van der Waals surface area contributed by atoms with E-state index in [-0.39, 0.29) is 11.9 Å². The van der Waals surface area contributed by atoms with Crippen molar-refractivity contribution in [2.45, 2.75) is 38.8 Å². The van der Waals surface area contributed by atoms with Gasteiger partial charge in [-0.05, 0) is 38.5 Å². The third kappa shape index (κ3) is 2.95. The zero-order valence-electron chi connectivity index (χ0n) is 15.4. The smallest absolute Gasteiger partial charge is 0.339 e. The van der Waals surface area contributed by atoms with Gasteiger partial charge in [-0.25, -0.2) is 14.5 Å². The summed E-state index contributed by atoms with van der Waals surface area (Å²) in [5, 5.41) is 7.98. The largest absolute Gasteiger partial charge is 0.445 e. The van der Waals surface area contributed by atoms with Crippen LogP contribution in [0.1, 0.15) is 42.7 Å². The lowest BCUT2D eigenvalue weighted by Gasteiger charge is -2.33. The normalized spacial score (nSPS) is 19.0. The van der Waals surface area contributed by atoms with E-state index in [1.807, 2.05) is 36.7 Å². The fraction of sp³-hybridized carbons (Fsp3) is 0.300. The van der Waals surface area contributed by atoms with Gasteiger partial charge in [0.15, 0.2) is 11.2 Å². The van der Waals surface area contributed by atoms with E-state index >= 15 is 0 Å². The van der Waals surface area contributed by atoms with Gasteiger partial charge < -0.3 is 10.1 Å². The zero-order chi connectivity index (χ0) is 19.2. The number of hydrogen-bond donors (Lipinski definition) is 1. The molecule has 0 radical (unpaired) electrons. The molecular formula is C20H20N4O3. The lowest BCUT2D eigenvalue weighted by atomic mass is 9.89. The number of pyridine rings is 1. The van der Waals surface area contributed by atoms with E-state index in [2.05, 4.69) is 15.4 Å². The Morgan fingerprint density at radius 1 is 1.30 bits per heavy atom. The van der Waals surface area contributed by atoms with Crippen molar-refractivity contribution in [2.24, 2.45) is 0 Å². The Kier molecular flexibility index (Phi) is 3.95. The Balaban J connectivity index is 1.59. The van der Waals surface area contributed by atoms with Gasteiger partial charge in [-0.3, -0.25) is 4.79 Å². The van der Waals surface area contributed by atoms with Gasteiger partial charge in [-0.1, -0.05) is 18.2 Å². The summed E-state index contributed by atoms with van der Waals surface area (Å²) in [6, 6.07) is 9.18. The van der Waals surface area contributed by atoms with Crippen molar-refractivity contribution in [3.05, 3.63) is 53.9 Å². The van der Waals surface area contributed by atoms with Crippen LogP contribution >= 0.6 is 0 Å². The molecule has 3 heterocycles. The molecule has 0 saturated carbocycles. The second-order valence-electron chi connectivity index (χ2n) is 7.23. The van der Waals surface area contributed by atoms with Gasteiger partial charge >= 0.3 is 5.97 Å². The summed E-state index contributed by atoms with van der Waals surface area (Å²) in [6.07, 6.45) is 3.63. The first-order valence-corrected chi connectivity index (χ1v) is 8.83. The number of hydrogen-bond acceptors (Lipinski definition) is 5. The lowest BCUT2D eigenvalue weighted by Crippen LogP contribution is -2.48. The number of fused-ring (bicyclic) bond motifs is 2. The summed E-state index contributed by atoms with van der Waals surface area (Å²) >= 11 is 0. The standard InChI is InChI=1S/C20H20N4O3/c1-12(2)24-17-14(10-22-24)8-15(11-21-17)23-19(26)20(3)9-13-6-4-5-7-16(13)18(25)27-20/h4-8,10-12H,9H2,1-3H3,(H,23,26)/t20-/m0/s1. The van der Waals surface area contributed by atoms with Crippen LogP contribution in [-0.4, -0.2) is 32.2 Å². The average Bonchev–Trinajstić information content (AvgIpc) is 3.05. The van der Waals surface area contributed by atoms with Crippen molar-refractivity contribution in [1.29, 1.82) is 0 Å². The summed E-state index contributed by atoms with van der Waals surface area (Å²) in [4.78, 5) is 29.5. The van der Waals surface area contributed by atoms with Crippen molar-refractivity contribution < 1.29 is 14.3 Å². The van der Waals surface area contributed by atoms with Gasteiger partial charge in [-0.15, -0.1) is 0 Å². The molecule has 0 unspecified atom stereocenters. The summed E-state index contributed by atoms with van der Waals surface area (Å²) in [5.74, 6) is -0.871. The minimum absolute atomic E-state index is 0.191. The summed E-state index contributed by atoms with van der Waals surface area (Å²) in [5.41, 5.74) is 1.33. The van der Waals surface area contributed by atoms with E-state index in [1.165, 1.54) is 0 Å². The van der Waals surface area contributed by atoms with Crippen molar-refractivity contribution in [3.8, 4) is 0 Å². The van der Waals surface area contributed by atoms with Crippen LogP contribution in [0.25, 0.3) is 11.0 Å². The number of carbonyl (C=O) groups excluding carboxylic acids is 2. The molecule has 1 amide bonds. The highest BCUT2D eigenvalue weighted by Crippen LogP contribution is 2.29. The monoisotopic (exact) mass is 364 g/mol. The first kappa shape index (κ1) is 17.2. The molecule has 2 aromatic heterocycles. The molecule has 7 nitrogen and oxygen atoms in total. The van der Waals surface area contributed by atoms with Crippen molar-refractivity contribution in [1.82, 2.24) is 14.8 Å². The minimum atomic E-state index is -1.28. The van der Waals surface area contributed by atoms with Crippen LogP contribution in [0.4, 0.5) is 5.69 Å². The molecule has 1 aromatic carbocycles. The topological polar surface area (TPSA) is 86.1 Å². The number of carbonyl (C=O) groups is 2. The van der Waals surface area contributed by atoms with Gasteiger partial charge in [0.1, 0.15) is 0 Å². The van der Waals surface area contributed by atoms with Gasteiger partial charge in [-0.2, -0.15) is 5.10 Å². The fourth-order valence-electron chi connectivity index (χ4n) is 3.31. The number of rotatable bonds is 3. The predicted octanol–water partition coefficient (Wildman–Crippen LogP) is 3.12. The molecule has 27 heavy (non-hydrogen) atoms. The molecule has 1 N–H and O–H groups in total. The Labute approximate surface area is 156 Å². The molecule has 7 heteroatoms. The third-order valence-corrected chi connectivity index (χ3v) is 4.74. The maximum absolute atomic E-state index is 12.9. The van der Waals surface area contributed by atoms with E-state index in [0.29, 0.717) is 17.7 Å². The molecule has 1 aliphatic heterocycles. The summed E-state index contributed by atoms with van der Waals surface area (Å²) in [7, 11) is 0. The van der Waals surface area contributed by atoms with E-state index < -0.39 is 11.6 Å². The molecular weight excluding hydrogens is 344 g/mol. The molecule has 1 atom stereocenters.